The second-order valence-corrected chi connectivity index (χ2v) is 11.5. The highest BCUT2D eigenvalue weighted by Crippen LogP contribution is 2.33. The number of hydrogen-bond donors (Lipinski definition) is 2. The summed E-state index contributed by atoms with van der Waals surface area (Å²) < 4.78 is 13.4. The molecule has 0 saturated heterocycles. The van der Waals surface area contributed by atoms with E-state index < -0.39 is 7.12 Å². The molecule has 0 spiro atoms. The lowest BCUT2D eigenvalue weighted by Gasteiger charge is -2.02. The van der Waals surface area contributed by atoms with E-state index in [2.05, 4.69) is 91.7 Å². The molecule has 42 heavy (non-hydrogen) atoms. The third-order valence-electron chi connectivity index (χ3n) is 5.87. The second kappa shape index (κ2) is 16.6. The first-order valence-corrected chi connectivity index (χ1v) is 17.0. The summed E-state index contributed by atoms with van der Waals surface area (Å²) in [5, 5.41) is 30.0. The van der Waals surface area contributed by atoms with E-state index in [0.29, 0.717) is 14.6 Å². The predicted octanol–water partition coefficient (Wildman–Crippen LogP) is 9.30. The van der Waals surface area contributed by atoms with E-state index in [9.17, 15) is 10.1 Å². The van der Waals surface area contributed by atoms with Gasteiger partial charge in [-0.15, -0.1) is 0 Å². The van der Waals surface area contributed by atoms with Gasteiger partial charge in [-0.05, 0) is 82.0 Å². The fourth-order valence-electron chi connectivity index (χ4n) is 3.91. The van der Waals surface area contributed by atoms with Crippen LogP contribution in [0.25, 0.3) is 33.1 Å². The van der Waals surface area contributed by atoms with Crippen LogP contribution >= 0.6 is 77.0 Å². The van der Waals surface area contributed by atoms with Crippen LogP contribution in [-0.2, 0) is 0 Å². The van der Waals surface area contributed by atoms with Crippen LogP contribution in [0.3, 0.4) is 0 Å². The van der Waals surface area contributed by atoms with Gasteiger partial charge in [-0.1, -0.05) is 96.9 Å². The molecular weight excluding hydrogens is 895 g/mol. The van der Waals surface area contributed by atoms with Gasteiger partial charge in [-0.25, -0.2) is 0 Å². The maximum atomic E-state index is 10.2. The summed E-state index contributed by atoms with van der Waals surface area (Å²) in [5.74, 6) is 0. The van der Waals surface area contributed by atoms with Crippen LogP contribution in [0.1, 0.15) is 5.56 Å². The lowest BCUT2D eigenvalue weighted by molar-refractivity contribution is -0.385. The number of benzene rings is 4. The molecule has 0 aliphatic rings. The van der Waals surface area contributed by atoms with Crippen molar-refractivity contribution in [2.24, 2.45) is 0 Å². The van der Waals surface area contributed by atoms with Crippen molar-refractivity contribution in [1.29, 1.82) is 0 Å². The fraction of sp³-hybridized carbons (Fsp3) is 0.0667. The van der Waals surface area contributed by atoms with Crippen LogP contribution in [0.4, 0.5) is 5.69 Å². The van der Waals surface area contributed by atoms with Gasteiger partial charge >= 0.3 is 7.12 Å². The predicted molar refractivity (Wildman–Crippen MR) is 194 cm³/mol. The molecule has 0 amide bonds. The average Bonchev–Trinajstić information content (AvgIpc) is 3.59. The van der Waals surface area contributed by atoms with Gasteiger partial charge in [-0.2, -0.15) is 0 Å². The Morgan fingerprint density at radius 3 is 1.90 bits per heavy atom. The first kappa shape index (κ1) is 34.3. The summed E-state index contributed by atoms with van der Waals surface area (Å²) in [4.78, 5) is 11.8. The van der Waals surface area contributed by atoms with Crippen molar-refractivity contribution in [2.75, 3.05) is 4.93 Å². The van der Waals surface area contributed by atoms with E-state index in [0.717, 1.165) is 30.9 Å². The molecule has 0 saturated carbocycles. The number of nitro groups is 1. The highest BCUT2D eigenvalue weighted by Gasteiger charge is 2.17. The first-order valence-electron chi connectivity index (χ1n) is 12.2. The van der Waals surface area contributed by atoms with Crippen molar-refractivity contribution in [3.63, 3.8) is 0 Å². The van der Waals surface area contributed by atoms with Gasteiger partial charge in [0.25, 0.3) is 5.69 Å². The number of aryl methyl sites for hydroxylation is 1. The van der Waals surface area contributed by atoms with Crippen molar-refractivity contribution in [2.45, 2.75) is 6.92 Å². The minimum Gasteiger partial charge on any atom is -0.465 e. The first-order chi connectivity index (χ1) is 20.2. The molecule has 0 unspecified atom stereocenters. The summed E-state index contributed by atoms with van der Waals surface area (Å²) >= 11 is 10.8. The van der Waals surface area contributed by atoms with E-state index in [4.69, 9.17) is 18.9 Å². The number of furan rings is 2. The van der Waals surface area contributed by atoms with Crippen molar-refractivity contribution < 1.29 is 23.8 Å². The molecule has 0 atom stereocenters. The summed E-state index contributed by atoms with van der Waals surface area (Å²) in [6.45, 7) is 2.12. The molecule has 2 N–H and O–H groups in total. The van der Waals surface area contributed by atoms with Crippen molar-refractivity contribution in [1.82, 2.24) is 0 Å². The normalized spacial score (nSPS) is 10.1. The number of alkyl halides is 1. The molecule has 0 fully saturated rings. The van der Waals surface area contributed by atoms with Gasteiger partial charge < -0.3 is 18.9 Å². The fourth-order valence-corrected chi connectivity index (χ4v) is 5.17. The van der Waals surface area contributed by atoms with Gasteiger partial charge in [0.05, 0.1) is 21.0 Å². The maximum absolute atomic E-state index is 10.2. The average molecular weight is 919 g/mol. The minimum absolute atomic E-state index is 0.170. The van der Waals surface area contributed by atoms with E-state index in [1.807, 2.05) is 52.0 Å². The standard InChI is InChI=1S/C15H11BrO.C8H6BBrO3.C6H4INO2.CH3I/c1-10-4-2-3-5-12(10)14-9-17-15-8-11(16)6-7-13(14)15;10-5-1-2-6-7(9(11)12)4-13-8(6)3-5;7-5-3-1-2-4-6(5)8(9)10;1-2/h2-9H,1H3;1-4,11-12H;1-4H;1H3. The summed E-state index contributed by atoms with van der Waals surface area (Å²) in [5.41, 5.74) is 5.76. The van der Waals surface area contributed by atoms with Crippen LogP contribution in [-0.4, -0.2) is 27.0 Å². The third-order valence-corrected chi connectivity index (χ3v) is 7.77. The quantitative estimate of drug-likeness (QED) is 0.0603. The van der Waals surface area contributed by atoms with Gasteiger partial charge in [0.1, 0.15) is 11.2 Å². The number of halogens is 4. The van der Waals surface area contributed by atoms with Crippen molar-refractivity contribution >= 4 is 117 Å². The highest BCUT2D eigenvalue weighted by molar-refractivity contribution is 14.1. The zero-order valence-corrected chi connectivity index (χ0v) is 29.8. The summed E-state index contributed by atoms with van der Waals surface area (Å²) in [7, 11) is -1.48. The number of nitro benzene ring substituents is 1. The van der Waals surface area contributed by atoms with Crippen molar-refractivity contribution in [3.8, 4) is 11.1 Å². The molecule has 216 valence electrons. The topological polar surface area (TPSA) is 110 Å². The number of hydrogen-bond acceptors (Lipinski definition) is 6. The van der Waals surface area contributed by atoms with Crippen LogP contribution in [0.15, 0.2) is 115 Å². The Morgan fingerprint density at radius 1 is 0.786 bits per heavy atom. The molecule has 0 radical (unpaired) electrons. The zero-order valence-electron chi connectivity index (χ0n) is 22.3. The molecule has 4 aromatic carbocycles. The Morgan fingerprint density at radius 2 is 1.33 bits per heavy atom. The van der Waals surface area contributed by atoms with Crippen LogP contribution in [0.5, 0.6) is 0 Å². The van der Waals surface area contributed by atoms with Crippen LogP contribution in [0, 0.1) is 20.6 Å². The van der Waals surface area contributed by atoms with E-state index in [-0.39, 0.29) is 10.6 Å². The largest absolute Gasteiger partial charge is 0.492 e. The Hall–Kier alpha value is -2.24. The Bertz CT molecular complexity index is 1790. The molecule has 2 aromatic heterocycles. The number of rotatable bonds is 3. The van der Waals surface area contributed by atoms with Crippen LogP contribution in [0.2, 0.25) is 0 Å². The van der Waals surface area contributed by atoms with E-state index in [1.165, 1.54) is 23.5 Å². The monoisotopic (exact) mass is 917 g/mol. The maximum Gasteiger partial charge on any atom is 0.492 e. The van der Waals surface area contributed by atoms with Gasteiger partial charge in [0, 0.05) is 36.8 Å². The molecule has 12 heteroatoms. The number of fused-ring (bicyclic) bond motifs is 2. The van der Waals surface area contributed by atoms with Gasteiger partial charge in [0.2, 0.25) is 0 Å². The van der Waals surface area contributed by atoms with E-state index >= 15 is 0 Å². The smallest absolute Gasteiger partial charge is 0.465 e. The van der Waals surface area contributed by atoms with E-state index in [1.54, 1.807) is 30.3 Å². The van der Waals surface area contributed by atoms with Gasteiger partial charge in [0.15, 0.2) is 0 Å². The molecular formula is C30H24BBr2I2NO6. The molecule has 0 aliphatic heterocycles. The summed E-state index contributed by atoms with van der Waals surface area (Å²) in [6.07, 6.45) is 3.18. The Balaban J connectivity index is 0.000000174. The number of para-hydroxylation sites is 1. The third kappa shape index (κ3) is 8.89. The lowest BCUT2D eigenvalue weighted by Crippen LogP contribution is -2.28. The lowest BCUT2D eigenvalue weighted by atomic mass is 9.80. The number of nitrogens with zero attached hydrogens (tertiary/aromatic N) is 1. The Labute approximate surface area is 287 Å². The second-order valence-electron chi connectivity index (χ2n) is 8.52. The molecule has 6 rings (SSSR count). The SMILES string of the molecule is CI.Cc1ccccc1-c1coc2cc(Br)ccc12.O=[N+]([O-])c1ccccc1I.OB(O)c1coc2cc(Br)ccc12. The molecule has 2 heterocycles. The molecule has 0 aliphatic carbocycles. The van der Waals surface area contributed by atoms with Crippen LogP contribution < -0.4 is 5.46 Å². The summed E-state index contributed by atoms with van der Waals surface area (Å²) in [6, 6.07) is 26.5. The molecule has 7 nitrogen and oxygen atoms in total. The van der Waals surface area contributed by atoms with Crippen molar-refractivity contribution in [3.05, 3.63) is 126 Å². The minimum atomic E-state index is -1.48. The molecule has 0 bridgehead atoms. The Kier molecular flexibility index (Phi) is 13.5. The molecule has 6 aromatic rings. The zero-order chi connectivity index (χ0) is 30.8. The highest BCUT2D eigenvalue weighted by atomic mass is 127. The van der Waals surface area contributed by atoms with Gasteiger partial charge in [-0.3, -0.25) is 10.1 Å².